The van der Waals surface area contributed by atoms with Crippen molar-refractivity contribution in [1.29, 1.82) is 0 Å². The fourth-order valence-electron chi connectivity index (χ4n) is 2.50. The Morgan fingerprint density at radius 3 is 2.33 bits per heavy atom. The lowest BCUT2D eigenvalue weighted by molar-refractivity contribution is 0.0159. The van der Waals surface area contributed by atoms with Crippen LogP contribution in [0.4, 0.5) is 0 Å². The molecular formula is C11H23N. The van der Waals surface area contributed by atoms with Crippen molar-refractivity contribution in [3.05, 3.63) is 0 Å². The van der Waals surface area contributed by atoms with Gasteiger partial charge in [0, 0.05) is 0 Å². The Hall–Kier alpha value is -0.0400. The maximum absolute atomic E-state index is 5.62. The standard InChI is InChI=1S/C11H23N/c1-4-11(5-6-12)7-10(8-11)9(2)3/h9-10H,4-8,12H2,1-3H3. The van der Waals surface area contributed by atoms with Crippen molar-refractivity contribution in [1.82, 2.24) is 0 Å². The molecule has 0 heterocycles. The molecule has 0 aromatic carbocycles. The van der Waals surface area contributed by atoms with Crippen LogP contribution in [-0.4, -0.2) is 6.54 Å². The van der Waals surface area contributed by atoms with E-state index in [4.69, 9.17) is 5.73 Å². The van der Waals surface area contributed by atoms with Gasteiger partial charge in [0.2, 0.25) is 0 Å². The normalized spacial score (nSPS) is 35.2. The number of rotatable bonds is 4. The third-order valence-corrected chi connectivity index (χ3v) is 3.76. The summed E-state index contributed by atoms with van der Waals surface area (Å²) in [7, 11) is 0. The molecule has 2 N–H and O–H groups in total. The van der Waals surface area contributed by atoms with Crippen LogP contribution in [0.5, 0.6) is 0 Å². The molecule has 72 valence electrons. The fraction of sp³-hybridized carbons (Fsp3) is 1.00. The lowest BCUT2D eigenvalue weighted by atomic mass is 9.56. The quantitative estimate of drug-likeness (QED) is 0.688. The van der Waals surface area contributed by atoms with Gasteiger partial charge in [0.15, 0.2) is 0 Å². The lowest BCUT2D eigenvalue weighted by Gasteiger charge is -2.49. The summed E-state index contributed by atoms with van der Waals surface area (Å²) in [5.41, 5.74) is 6.26. The van der Waals surface area contributed by atoms with Crippen molar-refractivity contribution in [2.75, 3.05) is 6.54 Å². The largest absolute Gasteiger partial charge is 0.330 e. The number of hydrogen-bond donors (Lipinski definition) is 1. The van der Waals surface area contributed by atoms with E-state index in [0.29, 0.717) is 5.41 Å². The second kappa shape index (κ2) is 3.78. The van der Waals surface area contributed by atoms with Gasteiger partial charge in [0.05, 0.1) is 0 Å². The van der Waals surface area contributed by atoms with Crippen LogP contribution in [-0.2, 0) is 0 Å². The molecule has 12 heavy (non-hydrogen) atoms. The molecule has 1 fully saturated rings. The molecule has 1 aliphatic rings. The average molecular weight is 169 g/mol. The maximum atomic E-state index is 5.62. The Labute approximate surface area is 76.7 Å². The summed E-state index contributed by atoms with van der Waals surface area (Å²) < 4.78 is 0. The molecule has 0 radical (unpaired) electrons. The highest BCUT2D eigenvalue weighted by atomic mass is 14.6. The zero-order valence-corrected chi connectivity index (χ0v) is 8.77. The van der Waals surface area contributed by atoms with Gasteiger partial charge in [-0.3, -0.25) is 0 Å². The summed E-state index contributed by atoms with van der Waals surface area (Å²) >= 11 is 0. The van der Waals surface area contributed by atoms with E-state index in [1.807, 2.05) is 0 Å². The third kappa shape index (κ3) is 1.82. The van der Waals surface area contributed by atoms with Gasteiger partial charge in [-0.15, -0.1) is 0 Å². The predicted molar refractivity (Wildman–Crippen MR) is 54.0 cm³/mol. The molecule has 1 rings (SSSR count). The van der Waals surface area contributed by atoms with E-state index in [1.165, 1.54) is 25.7 Å². The minimum atomic E-state index is 0.643. The van der Waals surface area contributed by atoms with Crippen molar-refractivity contribution < 1.29 is 0 Å². The molecule has 1 heteroatoms. The van der Waals surface area contributed by atoms with Crippen LogP contribution in [0.1, 0.15) is 46.5 Å². The smallest absolute Gasteiger partial charge is 0.00720 e. The van der Waals surface area contributed by atoms with E-state index in [9.17, 15) is 0 Å². The molecule has 0 unspecified atom stereocenters. The third-order valence-electron chi connectivity index (χ3n) is 3.76. The van der Waals surface area contributed by atoms with Crippen molar-refractivity contribution in [2.45, 2.75) is 46.5 Å². The Balaban J connectivity index is 2.35. The van der Waals surface area contributed by atoms with E-state index in [2.05, 4.69) is 20.8 Å². The van der Waals surface area contributed by atoms with Crippen molar-refractivity contribution >= 4 is 0 Å². The number of nitrogens with two attached hydrogens (primary N) is 1. The van der Waals surface area contributed by atoms with Gasteiger partial charge in [-0.2, -0.15) is 0 Å². The van der Waals surface area contributed by atoms with Gasteiger partial charge < -0.3 is 5.73 Å². The summed E-state index contributed by atoms with van der Waals surface area (Å²) in [5, 5.41) is 0. The van der Waals surface area contributed by atoms with E-state index in [-0.39, 0.29) is 0 Å². The minimum absolute atomic E-state index is 0.643. The monoisotopic (exact) mass is 169 g/mol. The van der Waals surface area contributed by atoms with Crippen LogP contribution in [0.2, 0.25) is 0 Å². The molecule has 1 aliphatic carbocycles. The van der Waals surface area contributed by atoms with Gasteiger partial charge in [-0.1, -0.05) is 27.2 Å². The van der Waals surface area contributed by atoms with Crippen molar-refractivity contribution in [3.63, 3.8) is 0 Å². The highest BCUT2D eigenvalue weighted by Crippen LogP contribution is 2.52. The van der Waals surface area contributed by atoms with Gasteiger partial charge in [-0.25, -0.2) is 0 Å². The first-order valence-electron chi connectivity index (χ1n) is 5.33. The highest BCUT2D eigenvalue weighted by molar-refractivity contribution is 4.93. The molecule has 0 atom stereocenters. The van der Waals surface area contributed by atoms with Crippen LogP contribution in [0.15, 0.2) is 0 Å². The van der Waals surface area contributed by atoms with Gasteiger partial charge >= 0.3 is 0 Å². The molecule has 0 spiro atoms. The van der Waals surface area contributed by atoms with E-state index < -0.39 is 0 Å². The Kier molecular flexibility index (Phi) is 3.16. The number of hydrogen-bond acceptors (Lipinski definition) is 1. The topological polar surface area (TPSA) is 26.0 Å². The summed E-state index contributed by atoms with van der Waals surface area (Å²) in [6.07, 6.45) is 5.43. The molecular weight excluding hydrogens is 146 g/mol. The van der Waals surface area contributed by atoms with Crippen LogP contribution in [0.25, 0.3) is 0 Å². The van der Waals surface area contributed by atoms with Gasteiger partial charge in [0.25, 0.3) is 0 Å². The first kappa shape index (κ1) is 10.0. The van der Waals surface area contributed by atoms with Gasteiger partial charge in [-0.05, 0) is 43.1 Å². The second-order valence-corrected chi connectivity index (χ2v) is 4.80. The molecule has 0 aromatic heterocycles. The Morgan fingerprint density at radius 1 is 1.42 bits per heavy atom. The van der Waals surface area contributed by atoms with Crippen LogP contribution < -0.4 is 5.73 Å². The zero-order chi connectivity index (χ0) is 9.19. The first-order chi connectivity index (χ1) is 5.63. The second-order valence-electron chi connectivity index (χ2n) is 4.80. The van der Waals surface area contributed by atoms with Crippen molar-refractivity contribution in [3.8, 4) is 0 Å². The van der Waals surface area contributed by atoms with Gasteiger partial charge in [0.1, 0.15) is 0 Å². The molecule has 0 aliphatic heterocycles. The zero-order valence-electron chi connectivity index (χ0n) is 8.77. The molecule has 0 bridgehead atoms. The molecule has 1 saturated carbocycles. The molecule has 0 saturated heterocycles. The molecule has 1 nitrogen and oxygen atoms in total. The van der Waals surface area contributed by atoms with E-state index in [0.717, 1.165) is 18.4 Å². The highest BCUT2D eigenvalue weighted by Gasteiger charge is 2.42. The Morgan fingerprint density at radius 2 is 2.00 bits per heavy atom. The van der Waals surface area contributed by atoms with Crippen LogP contribution in [0.3, 0.4) is 0 Å². The van der Waals surface area contributed by atoms with Crippen LogP contribution in [0, 0.1) is 17.3 Å². The van der Waals surface area contributed by atoms with E-state index in [1.54, 1.807) is 0 Å². The molecule has 0 aromatic rings. The predicted octanol–water partition coefficient (Wildman–Crippen LogP) is 2.80. The lowest BCUT2D eigenvalue weighted by Crippen LogP contribution is -2.40. The van der Waals surface area contributed by atoms with E-state index >= 15 is 0 Å². The fourth-order valence-corrected chi connectivity index (χ4v) is 2.50. The summed E-state index contributed by atoms with van der Waals surface area (Å²) in [6, 6.07) is 0. The Bertz CT molecular complexity index is 134. The summed E-state index contributed by atoms with van der Waals surface area (Å²) in [6.45, 7) is 7.87. The maximum Gasteiger partial charge on any atom is -0.00720 e. The van der Waals surface area contributed by atoms with Crippen LogP contribution >= 0.6 is 0 Å². The molecule has 0 amide bonds. The average Bonchev–Trinajstić information content (AvgIpc) is 1.95. The SMILES string of the molecule is CCC1(CCN)CC(C(C)C)C1. The first-order valence-corrected chi connectivity index (χ1v) is 5.33. The summed E-state index contributed by atoms with van der Waals surface area (Å²) in [4.78, 5) is 0. The van der Waals surface area contributed by atoms with Crippen molar-refractivity contribution in [2.24, 2.45) is 23.0 Å². The minimum Gasteiger partial charge on any atom is -0.330 e. The summed E-state index contributed by atoms with van der Waals surface area (Å²) in [5.74, 6) is 1.86.